The lowest BCUT2D eigenvalue weighted by molar-refractivity contribution is 0.0921. The molecule has 124 valence electrons. The molecule has 3 aromatic carbocycles. The van der Waals surface area contributed by atoms with E-state index >= 15 is 0 Å². The Morgan fingerprint density at radius 3 is 2.16 bits per heavy atom. The molecule has 0 atom stereocenters. The molecule has 3 aromatic rings. The van der Waals surface area contributed by atoms with Crippen molar-refractivity contribution >= 4 is 5.78 Å². The normalized spacial score (nSPS) is 14.1. The highest BCUT2D eigenvalue weighted by Crippen LogP contribution is 2.21. The lowest BCUT2D eigenvalue weighted by atomic mass is 9.99. The summed E-state index contributed by atoms with van der Waals surface area (Å²) in [5, 5.41) is 0. The summed E-state index contributed by atoms with van der Waals surface area (Å²) >= 11 is 0. The maximum atomic E-state index is 12.6. The lowest BCUT2D eigenvalue weighted by Gasteiger charge is -2.28. The summed E-state index contributed by atoms with van der Waals surface area (Å²) in [7, 11) is 0. The number of nitrogens with zero attached hydrogens (tertiary/aromatic N) is 1. The van der Waals surface area contributed by atoms with Crippen LogP contribution in [-0.2, 0) is 13.0 Å². The van der Waals surface area contributed by atoms with Gasteiger partial charge in [0.25, 0.3) is 0 Å². The van der Waals surface area contributed by atoms with Crippen molar-refractivity contribution in [1.29, 1.82) is 0 Å². The van der Waals surface area contributed by atoms with Crippen molar-refractivity contribution in [3.63, 3.8) is 0 Å². The lowest BCUT2D eigenvalue weighted by Crippen LogP contribution is -2.34. The number of Topliss-reactive ketones (excluding diaryl/α,β-unsaturated/α-hetero) is 1. The molecule has 0 radical (unpaired) electrons. The summed E-state index contributed by atoms with van der Waals surface area (Å²) in [6, 6.07) is 26.7. The van der Waals surface area contributed by atoms with Crippen molar-refractivity contribution in [2.24, 2.45) is 0 Å². The molecular weight excluding hydrogens is 306 g/mol. The maximum Gasteiger partial charge on any atom is 0.176 e. The van der Waals surface area contributed by atoms with E-state index in [0.717, 1.165) is 30.6 Å². The van der Waals surface area contributed by atoms with Crippen LogP contribution < -0.4 is 0 Å². The van der Waals surface area contributed by atoms with Gasteiger partial charge in [0.05, 0.1) is 6.54 Å². The van der Waals surface area contributed by atoms with E-state index in [2.05, 4.69) is 41.3 Å². The van der Waals surface area contributed by atoms with Crippen molar-refractivity contribution < 1.29 is 4.79 Å². The van der Waals surface area contributed by atoms with Crippen LogP contribution in [0.25, 0.3) is 11.1 Å². The summed E-state index contributed by atoms with van der Waals surface area (Å²) in [4.78, 5) is 14.9. The van der Waals surface area contributed by atoms with Crippen LogP contribution in [0.2, 0.25) is 0 Å². The zero-order valence-corrected chi connectivity index (χ0v) is 14.2. The highest BCUT2D eigenvalue weighted by molar-refractivity contribution is 5.98. The Kier molecular flexibility index (Phi) is 4.45. The van der Waals surface area contributed by atoms with Gasteiger partial charge in [-0.15, -0.1) is 0 Å². The Morgan fingerprint density at radius 1 is 0.760 bits per heavy atom. The Labute approximate surface area is 148 Å². The topological polar surface area (TPSA) is 20.3 Å². The number of ketones is 1. The minimum atomic E-state index is 0.194. The highest BCUT2D eigenvalue weighted by atomic mass is 16.1. The van der Waals surface area contributed by atoms with Crippen molar-refractivity contribution in [2.45, 2.75) is 13.0 Å². The second-order valence-electron chi connectivity index (χ2n) is 6.60. The van der Waals surface area contributed by atoms with Crippen molar-refractivity contribution in [3.8, 4) is 11.1 Å². The molecule has 0 fully saturated rings. The first-order valence-corrected chi connectivity index (χ1v) is 8.77. The molecule has 1 aliphatic rings. The Morgan fingerprint density at radius 2 is 1.40 bits per heavy atom. The molecule has 25 heavy (non-hydrogen) atoms. The third kappa shape index (κ3) is 3.54. The molecule has 0 unspecified atom stereocenters. The smallest absolute Gasteiger partial charge is 0.176 e. The van der Waals surface area contributed by atoms with Gasteiger partial charge in [-0.05, 0) is 28.7 Å². The van der Waals surface area contributed by atoms with Crippen LogP contribution in [0, 0.1) is 0 Å². The second kappa shape index (κ2) is 7.04. The fourth-order valence-electron chi connectivity index (χ4n) is 3.46. The molecule has 0 amide bonds. The zero-order valence-electron chi connectivity index (χ0n) is 14.2. The molecule has 0 aromatic heterocycles. The van der Waals surface area contributed by atoms with Gasteiger partial charge >= 0.3 is 0 Å². The second-order valence-corrected chi connectivity index (χ2v) is 6.60. The van der Waals surface area contributed by atoms with E-state index in [1.807, 2.05) is 42.5 Å². The number of benzene rings is 3. The van der Waals surface area contributed by atoms with Gasteiger partial charge in [0.15, 0.2) is 5.78 Å². The first-order valence-electron chi connectivity index (χ1n) is 8.77. The van der Waals surface area contributed by atoms with Crippen LogP contribution in [0.5, 0.6) is 0 Å². The van der Waals surface area contributed by atoms with Gasteiger partial charge < -0.3 is 0 Å². The summed E-state index contributed by atoms with van der Waals surface area (Å²) in [5.41, 5.74) is 5.87. The number of fused-ring (bicyclic) bond motifs is 1. The Balaban J connectivity index is 1.43. The largest absolute Gasteiger partial charge is 0.293 e. The van der Waals surface area contributed by atoms with E-state index in [9.17, 15) is 4.79 Å². The third-order valence-corrected chi connectivity index (χ3v) is 4.89. The van der Waals surface area contributed by atoms with E-state index < -0.39 is 0 Å². The minimum Gasteiger partial charge on any atom is -0.293 e. The fraction of sp³-hybridized carbons (Fsp3) is 0.174. The zero-order chi connectivity index (χ0) is 17.1. The molecule has 0 saturated carbocycles. The van der Waals surface area contributed by atoms with E-state index in [4.69, 9.17) is 0 Å². The van der Waals surface area contributed by atoms with Gasteiger partial charge in [0.2, 0.25) is 0 Å². The first-order chi connectivity index (χ1) is 12.3. The van der Waals surface area contributed by atoms with Gasteiger partial charge in [-0.1, -0.05) is 78.9 Å². The van der Waals surface area contributed by atoms with Crippen LogP contribution >= 0.6 is 0 Å². The molecule has 4 rings (SSSR count). The number of carbonyl (C=O) groups excluding carboxylic acids is 1. The van der Waals surface area contributed by atoms with E-state index in [1.54, 1.807) is 0 Å². The fourth-order valence-corrected chi connectivity index (χ4v) is 3.46. The monoisotopic (exact) mass is 327 g/mol. The Hall–Kier alpha value is -2.71. The first kappa shape index (κ1) is 15.8. The van der Waals surface area contributed by atoms with Crippen LogP contribution in [0.4, 0.5) is 0 Å². The van der Waals surface area contributed by atoms with Crippen LogP contribution in [0.1, 0.15) is 21.5 Å². The number of carbonyl (C=O) groups is 1. The van der Waals surface area contributed by atoms with Gasteiger partial charge in [0.1, 0.15) is 0 Å². The molecule has 0 spiro atoms. The molecule has 0 bridgehead atoms. The summed E-state index contributed by atoms with van der Waals surface area (Å²) in [5.74, 6) is 0.194. The van der Waals surface area contributed by atoms with Gasteiger partial charge in [-0.3, -0.25) is 9.69 Å². The van der Waals surface area contributed by atoms with Crippen molar-refractivity contribution in [3.05, 3.63) is 95.6 Å². The third-order valence-electron chi connectivity index (χ3n) is 4.89. The van der Waals surface area contributed by atoms with Crippen LogP contribution in [-0.4, -0.2) is 23.8 Å². The number of hydrogen-bond acceptors (Lipinski definition) is 2. The molecule has 1 aliphatic heterocycles. The quantitative estimate of drug-likeness (QED) is 0.653. The number of hydrogen-bond donors (Lipinski definition) is 0. The SMILES string of the molecule is O=C(CN1CCc2ccccc2C1)c1ccc(-c2ccccc2)cc1. The van der Waals surface area contributed by atoms with Crippen molar-refractivity contribution in [1.82, 2.24) is 4.90 Å². The summed E-state index contributed by atoms with van der Waals surface area (Å²) < 4.78 is 0. The predicted octanol–water partition coefficient (Wildman–Crippen LogP) is 4.59. The minimum absolute atomic E-state index is 0.194. The van der Waals surface area contributed by atoms with E-state index in [1.165, 1.54) is 16.7 Å². The molecular formula is C23H21NO. The summed E-state index contributed by atoms with van der Waals surface area (Å²) in [6.45, 7) is 2.30. The number of rotatable bonds is 4. The standard InChI is InChI=1S/C23H21NO/c25-23(17-24-15-14-19-8-4-5-9-22(19)16-24)21-12-10-20(11-13-21)18-6-2-1-3-7-18/h1-13H,14-17H2. The molecule has 2 heteroatoms. The maximum absolute atomic E-state index is 12.6. The molecule has 1 heterocycles. The van der Waals surface area contributed by atoms with Crippen LogP contribution in [0.3, 0.4) is 0 Å². The van der Waals surface area contributed by atoms with E-state index in [0.29, 0.717) is 6.54 Å². The van der Waals surface area contributed by atoms with Gasteiger partial charge in [-0.2, -0.15) is 0 Å². The van der Waals surface area contributed by atoms with Crippen LogP contribution in [0.15, 0.2) is 78.9 Å². The predicted molar refractivity (Wildman–Crippen MR) is 102 cm³/mol. The van der Waals surface area contributed by atoms with Gasteiger partial charge in [-0.25, -0.2) is 0 Å². The molecule has 2 nitrogen and oxygen atoms in total. The van der Waals surface area contributed by atoms with Gasteiger partial charge in [0, 0.05) is 18.7 Å². The average Bonchev–Trinajstić information content (AvgIpc) is 2.69. The Bertz CT molecular complexity index is 868. The highest BCUT2D eigenvalue weighted by Gasteiger charge is 2.18. The van der Waals surface area contributed by atoms with E-state index in [-0.39, 0.29) is 5.78 Å². The molecule has 0 saturated heterocycles. The van der Waals surface area contributed by atoms with Crippen molar-refractivity contribution in [2.75, 3.05) is 13.1 Å². The summed E-state index contributed by atoms with van der Waals surface area (Å²) in [6.07, 6.45) is 1.02. The molecule has 0 N–H and O–H groups in total. The molecule has 0 aliphatic carbocycles. The average molecular weight is 327 g/mol.